The Balaban J connectivity index is 1.61. The molecule has 1 fully saturated rings. The van der Waals surface area contributed by atoms with Gasteiger partial charge in [0.25, 0.3) is 11.8 Å². The first-order valence-electron chi connectivity index (χ1n) is 8.05. The van der Waals surface area contributed by atoms with Gasteiger partial charge in [0.2, 0.25) is 5.91 Å². The van der Waals surface area contributed by atoms with Gasteiger partial charge in [0, 0.05) is 25.5 Å². The number of carbonyl (C=O) groups is 3. The van der Waals surface area contributed by atoms with Gasteiger partial charge in [-0.25, -0.2) is 0 Å². The van der Waals surface area contributed by atoms with Crippen LogP contribution < -0.4 is 5.32 Å². The molecule has 0 spiro atoms. The number of piperazine rings is 1. The Morgan fingerprint density at radius 1 is 1.12 bits per heavy atom. The minimum atomic E-state index is -0.700. The molecule has 1 atom stereocenters. The highest BCUT2D eigenvalue weighted by Gasteiger charge is 2.40. The minimum Gasteiger partial charge on any atom is -0.334 e. The predicted octanol–water partition coefficient (Wildman–Crippen LogP) is 1.00. The van der Waals surface area contributed by atoms with Gasteiger partial charge in [0.05, 0.1) is 23.4 Å². The first kappa shape index (κ1) is 15.3. The lowest BCUT2D eigenvalue weighted by Gasteiger charge is -2.39. The maximum absolute atomic E-state index is 12.8. The minimum absolute atomic E-state index is 0.166. The number of para-hydroxylation sites is 1. The first-order chi connectivity index (χ1) is 12.1. The van der Waals surface area contributed by atoms with Gasteiger partial charge >= 0.3 is 0 Å². The Kier molecular flexibility index (Phi) is 3.68. The summed E-state index contributed by atoms with van der Waals surface area (Å²) in [7, 11) is 0. The molecule has 2 aromatic rings. The first-order valence-corrected chi connectivity index (χ1v) is 8.05. The van der Waals surface area contributed by atoms with Crippen molar-refractivity contribution in [2.75, 3.05) is 25.0 Å². The Labute approximate surface area is 144 Å². The summed E-state index contributed by atoms with van der Waals surface area (Å²) in [6.07, 6.45) is 3.10. The molecule has 2 aliphatic heterocycles. The standard InChI is InChI=1S/C18H16N4O3/c23-16-15-11-21(17(24)12-4-3-7-19-10-12)8-9-22(15)18(25)13-5-1-2-6-14(13)20-16/h1-7,10,15H,8-9,11H2,(H,20,23). The second-order valence-electron chi connectivity index (χ2n) is 6.04. The number of fused-ring (bicyclic) bond motifs is 2. The number of benzene rings is 1. The van der Waals surface area contributed by atoms with E-state index in [4.69, 9.17) is 0 Å². The summed E-state index contributed by atoms with van der Waals surface area (Å²) in [5.74, 6) is -0.649. The smallest absolute Gasteiger partial charge is 0.256 e. The van der Waals surface area contributed by atoms with Crippen LogP contribution in [0.5, 0.6) is 0 Å². The second kappa shape index (κ2) is 6.01. The van der Waals surface area contributed by atoms with Gasteiger partial charge in [-0.1, -0.05) is 12.1 Å². The summed E-state index contributed by atoms with van der Waals surface area (Å²) in [6.45, 7) is 0.863. The van der Waals surface area contributed by atoms with Crippen LogP contribution >= 0.6 is 0 Å². The van der Waals surface area contributed by atoms with E-state index in [1.165, 1.54) is 6.20 Å². The maximum atomic E-state index is 12.8. The van der Waals surface area contributed by atoms with Crippen molar-refractivity contribution in [3.8, 4) is 0 Å². The number of nitrogens with zero attached hydrogens (tertiary/aromatic N) is 3. The molecule has 0 saturated carbocycles. The molecule has 2 aliphatic rings. The van der Waals surface area contributed by atoms with Crippen LogP contribution in [-0.2, 0) is 4.79 Å². The molecule has 1 aromatic heterocycles. The molecule has 0 aliphatic carbocycles. The summed E-state index contributed by atoms with van der Waals surface area (Å²) in [5, 5.41) is 2.80. The fourth-order valence-corrected chi connectivity index (χ4v) is 3.26. The van der Waals surface area contributed by atoms with Crippen LogP contribution in [0.15, 0.2) is 48.8 Å². The summed E-state index contributed by atoms with van der Waals surface area (Å²) in [4.78, 5) is 45.1. The number of carbonyl (C=O) groups excluding carboxylic acids is 3. The third-order valence-corrected chi connectivity index (χ3v) is 4.55. The zero-order valence-electron chi connectivity index (χ0n) is 13.4. The SMILES string of the molecule is O=C1Nc2ccccc2C(=O)N2CCN(C(=O)c3cccnc3)CC12. The van der Waals surface area contributed by atoms with Crippen LogP contribution in [0.25, 0.3) is 0 Å². The summed E-state index contributed by atoms with van der Waals surface area (Å²) >= 11 is 0. The lowest BCUT2D eigenvalue weighted by Crippen LogP contribution is -2.59. The lowest BCUT2D eigenvalue weighted by molar-refractivity contribution is -0.121. The van der Waals surface area contributed by atoms with Crippen LogP contribution in [0.2, 0.25) is 0 Å². The average molecular weight is 336 g/mol. The number of aromatic nitrogens is 1. The van der Waals surface area contributed by atoms with Gasteiger partial charge in [-0.15, -0.1) is 0 Å². The quantitative estimate of drug-likeness (QED) is 0.842. The molecule has 3 heterocycles. The highest BCUT2D eigenvalue weighted by atomic mass is 16.2. The molecule has 25 heavy (non-hydrogen) atoms. The fourth-order valence-electron chi connectivity index (χ4n) is 3.26. The van der Waals surface area contributed by atoms with E-state index in [9.17, 15) is 14.4 Å². The van der Waals surface area contributed by atoms with Gasteiger partial charge in [-0.05, 0) is 24.3 Å². The van der Waals surface area contributed by atoms with Gasteiger partial charge in [0.15, 0.2) is 0 Å². The van der Waals surface area contributed by atoms with Crippen LogP contribution in [0, 0.1) is 0 Å². The number of nitrogens with one attached hydrogen (secondary N) is 1. The van der Waals surface area contributed by atoms with Gasteiger partial charge in [0.1, 0.15) is 6.04 Å². The number of rotatable bonds is 1. The average Bonchev–Trinajstić information content (AvgIpc) is 2.77. The molecule has 4 rings (SSSR count). The van der Waals surface area contributed by atoms with Crippen molar-refractivity contribution in [3.05, 3.63) is 59.9 Å². The summed E-state index contributed by atoms with van der Waals surface area (Å²) in [6, 6.07) is 9.64. The number of amides is 3. The second-order valence-corrected chi connectivity index (χ2v) is 6.04. The van der Waals surface area contributed by atoms with Gasteiger partial charge in [-0.2, -0.15) is 0 Å². The van der Waals surface area contributed by atoms with Crippen molar-refractivity contribution in [2.45, 2.75) is 6.04 Å². The largest absolute Gasteiger partial charge is 0.334 e. The van der Waals surface area contributed by atoms with E-state index in [-0.39, 0.29) is 24.3 Å². The van der Waals surface area contributed by atoms with Gasteiger partial charge in [-0.3, -0.25) is 19.4 Å². The van der Waals surface area contributed by atoms with Crippen molar-refractivity contribution in [3.63, 3.8) is 0 Å². The monoisotopic (exact) mass is 336 g/mol. The predicted molar refractivity (Wildman–Crippen MR) is 90.0 cm³/mol. The molecule has 1 aromatic carbocycles. The normalized spacial score (nSPS) is 19.6. The van der Waals surface area contributed by atoms with Gasteiger partial charge < -0.3 is 15.1 Å². The van der Waals surface area contributed by atoms with E-state index >= 15 is 0 Å². The summed E-state index contributed by atoms with van der Waals surface area (Å²) < 4.78 is 0. The molecular formula is C18H16N4O3. The highest BCUT2D eigenvalue weighted by Crippen LogP contribution is 2.25. The van der Waals surface area contributed by atoms with Crippen molar-refractivity contribution < 1.29 is 14.4 Å². The van der Waals surface area contributed by atoms with E-state index in [0.29, 0.717) is 29.9 Å². The topological polar surface area (TPSA) is 82.6 Å². The number of hydrogen-bond acceptors (Lipinski definition) is 4. The third kappa shape index (κ3) is 2.63. The van der Waals surface area contributed by atoms with E-state index in [0.717, 1.165) is 0 Å². The zero-order valence-corrected chi connectivity index (χ0v) is 13.4. The Bertz CT molecular complexity index is 852. The Morgan fingerprint density at radius 3 is 2.76 bits per heavy atom. The number of anilines is 1. The molecule has 7 heteroatoms. The molecular weight excluding hydrogens is 320 g/mol. The van der Waals surface area contributed by atoms with Crippen molar-refractivity contribution in [1.29, 1.82) is 0 Å². The van der Waals surface area contributed by atoms with Crippen molar-refractivity contribution >= 4 is 23.4 Å². The third-order valence-electron chi connectivity index (χ3n) is 4.55. The lowest BCUT2D eigenvalue weighted by atomic mass is 10.1. The maximum Gasteiger partial charge on any atom is 0.256 e. The van der Waals surface area contributed by atoms with Crippen molar-refractivity contribution in [2.24, 2.45) is 0 Å². The molecule has 7 nitrogen and oxygen atoms in total. The van der Waals surface area contributed by atoms with E-state index in [1.807, 2.05) is 0 Å². The van der Waals surface area contributed by atoms with Crippen LogP contribution in [-0.4, -0.2) is 58.2 Å². The Morgan fingerprint density at radius 2 is 1.96 bits per heavy atom. The van der Waals surface area contributed by atoms with Crippen LogP contribution in [0.3, 0.4) is 0 Å². The van der Waals surface area contributed by atoms with E-state index in [2.05, 4.69) is 10.3 Å². The van der Waals surface area contributed by atoms with Crippen LogP contribution in [0.1, 0.15) is 20.7 Å². The zero-order chi connectivity index (χ0) is 17.4. The molecule has 0 bridgehead atoms. The van der Waals surface area contributed by atoms with Crippen LogP contribution in [0.4, 0.5) is 5.69 Å². The molecule has 3 amide bonds. The molecule has 0 radical (unpaired) electrons. The van der Waals surface area contributed by atoms with Crippen molar-refractivity contribution in [1.82, 2.24) is 14.8 Å². The molecule has 126 valence electrons. The number of hydrogen-bond donors (Lipinski definition) is 1. The number of pyridine rings is 1. The van der Waals surface area contributed by atoms with E-state index < -0.39 is 6.04 Å². The Hall–Kier alpha value is -3.22. The molecule has 1 saturated heterocycles. The fraction of sp³-hybridized carbons (Fsp3) is 0.222. The van der Waals surface area contributed by atoms with E-state index in [1.54, 1.807) is 52.4 Å². The molecule has 1 unspecified atom stereocenters. The molecule has 1 N–H and O–H groups in total. The summed E-state index contributed by atoms with van der Waals surface area (Å²) in [5.41, 5.74) is 1.46. The highest BCUT2D eigenvalue weighted by molar-refractivity contribution is 6.10.